The molecular weight excluding hydrogens is 408 g/mol. The van der Waals surface area contributed by atoms with Crippen LogP contribution >= 0.6 is 0 Å². The predicted octanol–water partition coefficient (Wildman–Crippen LogP) is 3.57. The van der Waals surface area contributed by atoms with E-state index >= 15 is 0 Å². The highest BCUT2D eigenvalue weighted by molar-refractivity contribution is 5.52. The van der Waals surface area contributed by atoms with Gasteiger partial charge in [-0.1, -0.05) is 12.1 Å². The number of morpholine rings is 1. The maximum Gasteiger partial charge on any atom is 0.165 e. The molecule has 0 bridgehead atoms. The van der Waals surface area contributed by atoms with Crippen LogP contribution < -0.4 is 19.5 Å². The molecule has 1 saturated heterocycles. The summed E-state index contributed by atoms with van der Waals surface area (Å²) in [4.78, 5) is 11.4. The van der Waals surface area contributed by atoms with Gasteiger partial charge in [-0.3, -0.25) is 4.90 Å². The van der Waals surface area contributed by atoms with Crippen molar-refractivity contribution < 1.29 is 18.9 Å². The normalized spacial score (nSPS) is 18.2. The van der Waals surface area contributed by atoms with Crippen molar-refractivity contribution in [2.24, 2.45) is 0 Å². The number of benzene rings is 1. The quantitative estimate of drug-likeness (QED) is 0.631. The van der Waals surface area contributed by atoms with Crippen LogP contribution in [0.25, 0.3) is 0 Å². The molecular formula is C24H26N4O4. The minimum Gasteiger partial charge on any atom is -0.496 e. The van der Waals surface area contributed by atoms with Crippen LogP contribution in [0.5, 0.6) is 17.2 Å². The summed E-state index contributed by atoms with van der Waals surface area (Å²) in [7, 11) is 1.68. The summed E-state index contributed by atoms with van der Waals surface area (Å²) < 4.78 is 23.1. The number of ether oxygens (including phenoxy) is 4. The summed E-state index contributed by atoms with van der Waals surface area (Å²) in [6, 6.07) is 15.6. The first-order valence-electron chi connectivity index (χ1n) is 10.7. The zero-order valence-corrected chi connectivity index (χ0v) is 18.0. The van der Waals surface area contributed by atoms with Gasteiger partial charge in [0.05, 0.1) is 19.4 Å². The van der Waals surface area contributed by atoms with Gasteiger partial charge < -0.3 is 24.3 Å². The third-order valence-corrected chi connectivity index (χ3v) is 5.51. The van der Waals surface area contributed by atoms with Crippen LogP contribution in [0.2, 0.25) is 0 Å². The van der Waals surface area contributed by atoms with Crippen molar-refractivity contribution in [3.05, 3.63) is 66.0 Å². The minimum atomic E-state index is -0.113. The lowest BCUT2D eigenvalue weighted by molar-refractivity contribution is -0.0351. The summed E-state index contributed by atoms with van der Waals surface area (Å²) in [5.74, 6) is 3.81. The van der Waals surface area contributed by atoms with Gasteiger partial charge >= 0.3 is 0 Å². The molecule has 8 nitrogen and oxygen atoms in total. The number of fused-ring (bicyclic) bond motifs is 1. The lowest BCUT2D eigenvalue weighted by Crippen LogP contribution is -2.38. The second-order valence-electron chi connectivity index (χ2n) is 7.69. The van der Waals surface area contributed by atoms with Crippen molar-refractivity contribution in [1.82, 2.24) is 14.9 Å². The molecule has 1 N–H and O–H groups in total. The Morgan fingerprint density at radius 1 is 1.03 bits per heavy atom. The average molecular weight is 434 g/mol. The largest absolute Gasteiger partial charge is 0.496 e. The van der Waals surface area contributed by atoms with Gasteiger partial charge in [0.1, 0.15) is 36.7 Å². The van der Waals surface area contributed by atoms with Gasteiger partial charge in [0.15, 0.2) is 11.5 Å². The minimum absolute atomic E-state index is 0.113. The molecule has 4 heterocycles. The van der Waals surface area contributed by atoms with E-state index in [1.807, 2.05) is 48.5 Å². The summed E-state index contributed by atoms with van der Waals surface area (Å²) >= 11 is 0. The first-order chi connectivity index (χ1) is 15.8. The number of anilines is 2. The van der Waals surface area contributed by atoms with E-state index in [-0.39, 0.29) is 6.10 Å². The Bertz CT molecular complexity index is 1060. The molecule has 32 heavy (non-hydrogen) atoms. The number of methoxy groups -OCH3 is 1. The van der Waals surface area contributed by atoms with Crippen molar-refractivity contribution in [2.75, 3.05) is 45.3 Å². The Morgan fingerprint density at radius 2 is 1.88 bits per heavy atom. The topological polar surface area (TPSA) is 78.0 Å². The fourth-order valence-corrected chi connectivity index (χ4v) is 3.96. The van der Waals surface area contributed by atoms with Crippen LogP contribution in [0.15, 0.2) is 54.7 Å². The van der Waals surface area contributed by atoms with Crippen molar-refractivity contribution in [2.45, 2.75) is 12.6 Å². The van der Waals surface area contributed by atoms with Gasteiger partial charge in [-0.15, -0.1) is 0 Å². The van der Waals surface area contributed by atoms with E-state index in [0.717, 1.165) is 59.8 Å². The van der Waals surface area contributed by atoms with Crippen LogP contribution in [0, 0.1) is 0 Å². The summed E-state index contributed by atoms with van der Waals surface area (Å²) in [6.45, 7) is 4.05. The molecule has 3 aromatic rings. The van der Waals surface area contributed by atoms with Crippen LogP contribution in [0.1, 0.15) is 17.4 Å². The van der Waals surface area contributed by atoms with Gasteiger partial charge in [-0.05, 0) is 30.3 Å². The molecule has 0 saturated carbocycles. The molecule has 5 rings (SSSR count). The van der Waals surface area contributed by atoms with Gasteiger partial charge in [-0.2, -0.15) is 0 Å². The smallest absolute Gasteiger partial charge is 0.165 e. The van der Waals surface area contributed by atoms with Crippen LogP contribution in [-0.2, 0) is 11.3 Å². The predicted molar refractivity (Wildman–Crippen MR) is 120 cm³/mol. The van der Waals surface area contributed by atoms with E-state index in [2.05, 4.69) is 15.2 Å². The van der Waals surface area contributed by atoms with Gasteiger partial charge in [0, 0.05) is 37.5 Å². The number of nitrogens with zero attached hydrogens (tertiary/aromatic N) is 3. The Labute approximate surface area is 187 Å². The number of aromatic nitrogens is 2. The summed E-state index contributed by atoms with van der Waals surface area (Å²) in [5.41, 5.74) is 1.96. The van der Waals surface area contributed by atoms with Crippen molar-refractivity contribution >= 4 is 11.6 Å². The maximum absolute atomic E-state index is 6.06. The summed E-state index contributed by atoms with van der Waals surface area (Å²) in [6.07, 6.45) is 1.64. The van der Waals surface area contributed by atoms with Gasteiger partial charge in [-0.25, -0.2) is 9.97 Å². The highest BCUT2D eigenvalue weighted by Gasteiger charge is 2.25. The molecule has 0 unspecified atom stereocenters. The number of hydrogen-bond donors (Lipinski definition) is 1. The Hall–Kier alpha value is -3.36. The second-order valence-corrected chi connectivity index (χ2v) is 7.69. The standard InChI is InChI=1S/C24H26N4O4/c1-29-19-14-21-20(31-11-12-32-21)13-17(19)15-28-9-10-30-22(16-28)18-5-4-7-24(26-18)27-23-6-2-3-8-25-23/h2-8,13-14,22H,9-12,15-16H2,1H3,(H,25,26,27)/t22-/m1/s1. The number of hydrogen-bond acceptors (Lipinski definition) is 8. The molecule has 0 spiro atoms. The fraction of sp³-hybridized carbons (Fsp3) is 0.333. The molecule has 1 fully saturated rings. The third kappa shape index (κ3) is 4.61. The number of nitrogens with one attached hydrogen (secondary N) is 1. The van der Waals surface area contributed by atoms with Gasteiger partial charge in [0.2, 0.25) is 0 Å². The number of pyridine rings is 2. The van der Waals surface area contributed by atoms with Crippen molar-refractivity contribution in [3.63, 3.8) is 0 Å². The fourth-order valence-electron chi connectivity index (χ4n) is 3.96. The zero-order valence-electron chi connectivity index (χ0n) is 18.0. The number of rotatable bonds is 6. The first kappa shape index (κ1) is 20.5. The Kier molecular flexibility index (Phi) is 6.04. The van der Waals surface area contributed by atoms with Gasteiger partial charge in [0.25, 0.3) is 0 Å². The molecule has 1 aromatic carbocycles. The molecule has 2 aliphatic rings. The molecule has 166 valence electrons. The summed E-state index contributed by atoms with van der Waals surface area (Å²) in [5, 5.41) is 3.24. The Morgan fingerprint density at radius 3 is 2.69 bits per heavy atom. The second kappa shape index (κ2) is 9.42. The highest BCUT2D eigenvalue weighted by Crippen LogP contribution is 2.37. The maximum atomic E-state index is 6.06. The molecule has 0 amide bonds. The van der Waals surface area contributed by atoms with Crippen molar-refractivity contribution in [1.29, 1.82) is 0 Å². The molecule has 2 aromatic heterocycles. The van der Waals surface area contributed by atoms with Crippen LogP contribution in [0.3, 0.4) is 0 Å². The lowest BCUT2D eigenvalue weighted by atomic mass is 10.1. The molecule has 0 radical (unpaired) electrons. The highest BCUT2D eigenvalue weighted by atomic mass is 16.6. The lowest BCUT2D eigenvalue weighted by Gasteiger charge is -2.33. The molecule has 8 heteroatoms. The van der Waals surface area contributed by atoms with Crippen LogP contribution in [0.4, 0.5) is 11.6 Å². The van der Waals surface area contributed by atoms with E-state index in [4.69, 9.17) is 23.9 Å². The van der Waals surface area contributed by atoms with Crippen LogP contribution in [-0.4, -0.2) is 54.9 Å². The van der Waals surface area contributed by atoms with E-state index in [1.54, 1.807) is 13.3 Å². The van der Waals surface area contributed by atoms with E-state index < -0.39 is 0 Å². The van der Waals surface area contributed by atoms with E-state index in [1.165, 1.54) is 0 Å². The molecule has 1 atom stereocenters. The zero-order chi connectivity index (χ0) is 21.8. The third-order valence-electron chi connectivity index (χ3n) is 5.51. The Balaban J connectivity index is 1.30. The average Bonchev–Trinajstić information content (AvgIpc) is 2.84. The molecule has 2 aliphatic heterocycles. The van der Waals surface area contributed by atoms with Crippen molar-refractivity contribution in [3.8, 4) is 17.2 Å². The van der Waals surface area contributed by atoms with E-state index in [0.29, 0.717) is 19.8 Å². The first-order valence-corrected chi connectivity index (χ1v) is 10.7. The van der Waals surface area contributed by atoms with E-state index in [9.17, 15) is 0 Å². The SMILES string of the molecule is COc1cc2c(cc1CN1CCO[C@@H](c3cccc(Nc4ccccn4)n3)C1)OCCO2. The molecule has 0 aliphatic carbocycles. The monoisotopic (exact) mass is 434 g/mol.